The smallest absolute Gasteiger partial charge is 0.0228 e. The fourth-order valence-corrected chi connectivity index (χ4v) is 2.05. The third-order valence-electron chi connectivity index (χ3n) is 3.22. The van der Waals surface area contributed by atoms with Crippen molar-refractivity contribution in [3.05, 3.63) is 35.4 Å². The molecule has 1 fully saturated rings. The molecule has 0 saturated heterocycles. The molecule has 0 radical (unpaired) electrons. The van der Waals surface area contributed by atoms with Crippen LogP contribution in [-0.2, 0) is 0 Å². The van der Waals surface area contributed by atoms with Gasteiger partial charge in [0.25, 0.3) is 0 Å². The summed E-state index contributed by atoms with van der Waals surface area (Å²) in [5, 5.41) is 0. The van der Waals surface area contributed by atoms with Crippen molar-refractivity contribution in [2.45, 2.75) is 38.1 Å². The lowest BCUT2D eigenvalue weighted by molar-refractivity contribution is 0.626. The van der Waals surface area contributed by atoms with Gasteiger partial charge in [-0.15, -0.1) is 0 Å². The zero-order valence-corrected chi connectivity index (χ0v) is 8.38. The van der Waals surface area contributed by atoms with Crippen LogP contribution in [0.15, 0.2) is 24.3 Å². The summed E-state index contributed by atoms with van der Waals surface area (Å²) in [7, 11) is 0. The van der Waals surface area contributed by atoms with Gasteiger partial charge in [-0.1, -0.05) is 36.8 Å². The molecule has 1 heteroatoms. The van der Waals surface area contributed by atoms with Crippen molar-refractivity contribution in [1.29, 1.82) is 0 Å². The molecule has 1 saturated carbocycles. The Morgan fingerprint density at radius 1 is 1.54 bits per heavy atom. The van der Waals surface area contributed by atoms with Crippen molar-refractivity contribution in [2.24, 2.45) is 5.73 Å². The number of nitrogens with two attached hydrogens (primary N) is 1. The maximum atomic E-state index is 6.17. The lowest BCUT2D eigenvalue weighted by Gasteiger charge is -2.08. The summed E-state index contributed by atoms with van der Waals surface area (Å²) < 4.78 is 0. The van der Waals surface area contributed by atoms with Crippen LogP contribution in [0.5, 0.6) is 0 Å². The van der Waals surface area contributed by atoms with Crippen molar-refractivity contribution in [2.75, 3.05) is 0 Å². The van der Waals surface area contributed by atoms with Crippen LogP contribution in [-0.4, -0.2) is 5.54 Å². The molecule has 1 aromatic carbocycles. The van der Waals surface area contributed by atoms with E-state index in [1.165, 1.54) is 11.1 Å². The number of rotatable bonds is 2. The van der Waals surface area contributed by atoms with Crippen molar-refractivity contribution in [3.8, 4) is 0 Å². The van der Waals surface area contributed by atoms with Crippen LogP contribution in [0.2, 0.25) is 0 Å². The minimum Gasteiger partial charge on any atom is -0.325 e. The van der Waals surface area contributed by atoms with E-state index in [9.17, 15) is 0 Å². The van der Waals surface area contributed by atoms with Gasteiger partial charge in [-0.25, -0.2) is 0 Å². The van der Waals surface area contributed by atoms with Gasteiger partial charge in [0.05, 0.1) is 0 Å². The Labute approximate surface area is 80.0 Å². The molecule has 0 bridgehead atoms. The van der Waals surface area contributed by atoms with E-state index in [2.05, 4.69) is 38.1 Å². The minimum atomic E-state index is 0.105. The summed E-state index contributed by atoms with van der Waals surface area (Å²) in [6, 6.07) is 8.71. The van der Waals surface area contributed by atoms with E-state index in [1.807, 2.05) is 0 Å². The van der Waals surface area contributed by atoms with E-state index in [0.717, 1.165) is 12.8 Å². The van der Waals surface area contributed by atoms with Gasteiger partial charge in [0.1, 0.15) is 0 Å². The van der Waals surface area contributed by atoms with Gasteiger partial charge in [0, 0.05) is 11.5 Å². The zero-order chi connectivity index (χ0) is 9.47. The summed E-state index contributed by atoms with van der Waals surface area (Å²) in [5.74, 6) is 0.609. The van der Waals surface area contributed by atoms with E-state index in [4.69, 9.17) is 5.73 Å². The third-order valence-corrected chi connectivity index (χ3v) is 3.22. The van der Waals surface area contributed by atoms with Crippen LogP contribution in [0, 0.1) is 6.92 Å². The molecule has 1 aliphatic rings. The second-order valence-corrected chi connectivity index (χ2v) is 4.26. The van der Waals surface area contributed by atoms with Gasteiger partial charge in [-0.2, -0.15) is 0 Å². The van der Waals surface area contributed by atoms with Gasteiger partial charge in [-0.05, 0) is 25.3 Å². The van der Waals surface area contributed by atoms with Gasteiger partial charge in [0.15, 0.2) is 0 Å². The molecule has 2 atom stereocenters. The molecule has 13 heavy (non-hydrogen) atoms. The summed E-state index contributed by atoms with van der Waals surface area (Å²) in [6.07, 6.45) is 2.25. The van der Waals surface area contributed by atoms with Crippen LogP contribution >= 0.6 is 0 Å². The van der Waals surface area contributed by atoms with E-state index in [0.29, 0.717) is 5.92 Å². The molecule has 0 amide bonds. The van der Waals surface area contributed by atoms with Crippen molar-refractivity contribution in [3.63, 3.8) is 0 Å². The third kappa shape index (κ3) is 1.49. The van der Waals surface area contributed by atoms with Crippen LogP contribution in [0.3, 0.4) is 0 Å². The van der Waals surface area contributed by atoms with Gasteiger partial charge >= 0.3 is 0 Å². The standard InChI is InChI=1S/C12H17N/c1-3-12(13)8-11(12)10-6-4-5-9(2)7-10/h4-7,11H,3,8,13H2,1-2H3/t11-,12+/m0/s1. The maximum Gasteiger partial charge on any atom is 0.0228 e. The number of benzene rings is 1. The predicted molar refractivity (Wildman–Crippen MR) is 55.7 cm³/mol. The maximum absolute atomic E-state index is 6.17. The largest absolute Gasteiger partial charge is 0.325 e. The second kappa shape index (κ2) is 2.85. The van der Waals surface area contributed by atoms with Crippen LogP contribution < -0.4 is 5.73 Å². The Hall–Kier alpha value is -0.820. The molecule has 1 nitrogen and oxygen atoms in total. The van der Waals surface area contributed by atoms with E-state index >= 15 is 0 Å². The molecule has 1 aliphatic carbocycles. The average molecular weight is 175 g/mol. The first kappa shape index (κ1) is 8.76. The zero-order valence-electron chi connectivity index (χ0n) is 8.38. The first-order chi connectivity index (χ1) is 6.15. The molecule has 0 spiro atoms. The fourth-order valence-electron chi connectivity index (χ4n) is 2.05. The van der Waals surface area contributed by atoms with Crippen LogP contribution in [0.1, 0.15) is 36.8 Å². The Morgan fingerprint density at radius 2 is 2.31 bits per heavy atom. The molecule has 0 unspecified atom stereocenters. The Kier molecular flexibility index (Phi) is 1.92. The molecular formula is C12H17N. The van der Waals surface area contributed by atoms with Crippen molar-refractivity contribution >= 4 is 0 Å². The molecule has 1 aromatic rings. The van der Waals surface area contributed by atoms with Gasteiger partial charge in [-0.3, -0.25) is 0 Å². The first-order valence-corrected chi connectivity index (χ1v) is 5.01. The highest BCUT2D eigenvalue weighted by Crippen LogP contribution is 2.51. The number of hydrogen-bond acceptors (Lipinski definition) is 1. The Balaban J connectivity index is 2.20. The summed E-state index contributed by atoms with van der Waals surface area (Å²) >= 11 is 0. The van der Waals surface area contributed by atoms with Gasteiger partial charge in [0.2, 0.25) is 0 Å². The summed E-state index contributed by atoms with van der Waals surface area (Å²) in [4.78, 5) is 0. The van der Waals surface area contributed by atoms with Crippen LogP contribution in [0.4, 0.5) is 0 Å². The van der Waals surface area contributed by atoms with Crippen LogP contribution in [0.25, 0.3) is 0 Å². The highest BCUT2D eigenvalue weighted by atomic mass is 14.9. The van der Waals surface area contributed by atoms with Crippen molar-refractivity contribution < 1.29 is 0 Å². The summed E-state index contributed by atoms with van der Waals surface area (Å²) in [6.45, 7) is 4.31. The quantitative estimate of drug-likeness (QED) is 0.734. The average Bonchev–Trinajstić information content (AvgIpc) is 2.79. The predicted octanol–water partition coefficient (Wildman–Crippen LogP) is 2.59. The molecule has 0 aliphatic heterocycles. The monoisotopic (exact) mass is 175 g/mol. The molecule has 0 aromatic heterocycles. The number of aryl methyl sites for hydroxylation is 1. The highest BCUT2D eigenvalue weighted by Gasteiger charge is 2.49. The Bertz CT molecular complexity index is 319. The molecule has 0 heterocycles. The fraction of sp³-hybridized carbons (Fsp3) is 0.500. The van der Waals surface area contributed by atoms with E-state index in [-0.39, 0.29) is 5.54 Å². The molecular weight excluding hydrogens is 158 g/mol. The molecule has 2 rings (SSSR count). The lowest BCUT2D eigenvalue weighted by atomic mass is 10.0. The highest BCUT2D eigenvalue weighted by molar-refractivity contribution is 5.35. The Morgan fingerprint density at radius 3 is 2.85 bits per heavy atom. The first-order valence-electron chi connectivity index (χ1n) is 5.01. The lowest BCUT2D eigenvalue weighted by Crippen LogP contribution is -2.22. The molecule has 2 N–H and O–H groups in total. The number of hydrogen-bond donors (Lipinski definition) is 1. The minimum absolute atomic E-state index is 0.105. The summed E-state index contributed by atoms with van der Waals surface area (Å²) in [5.41, 5.74) is 9.03. The normalized spacial score (nSPS) is 31.8. The van der Waals surface area contributed by atoms with Crippen molar-refractivity contribution in [1.82, 2.24) is 0 Å². The molecule has 70 valence electrons. The van der Waals surface area contributed by atoms with Gasteiger partial charge < -0.3 is 5.73 Å². The van der Waals surface area contributed by atoms with E-state index in [1.54, 1.807) is 0 Å². The topological polar surface area (TPSA) is 26.0 Å². The van der Waals surface area contributed by atoms with E-state index < -0.39 is 0 Å². The second-order valence-electron chi connectivity index (χ2n) is 4.26. The SMILES string of the molecule is CC[C@@]1(N)C[C@H]1c1cccc(C)c1.